The van der Waals surface area contributed by atoms with E-state index in [2.05, 4.69) is 15.9 Å². The lowest BCUT2D eigenvalue weighted by atomic mass is 10.1. The number of hydrogen-bond donors (Lipinski definition) is 0. The topological polar surface area (TPSA) is 61.6 Å². The highest BCUT2D eigenvalue weighted by Crippen LogP contribution is 2.27. The molecule has 1 aromatic carbocycles. The van der Waals surface area contributed by atoms with Crippen molar-refractivity contribution in [3.8, 4) is 5.75 Å². The first-order chi connectivity index (χ1) is 9.20. The molecule has 1 saturated heterocycles. The van der Waals surface area contributed by atoms with Crippen molar-refractivity contribution < 1.29 is 14.4 Å². The van der Waals surface area contributed by atoms with E-state index < -0.39 is 4.92 Å². The van der Waals surface area contributed by atoms with Gasteiger partial charge in [0.1, 0.15) is 12.4 Å². The maximum atomic E-state index is 10.7. The molecule has 0 aromatic heterocycles. The van der Waals surface area contributed by atoms with E-state index in [0.29, 0.717) is 17.7 Å². The molecule has 0 N–H and O–H groups in total. The normalized spacial score (nSPS) is 19.1. The number of hydrogen-bond acceptors (Lipinski definition) is 4. The molecule has 0 amide bonds. The first-order valence-electron chi connectivity index (χ1n) is 6.28. The van der Waals surface area contributed by atoms with Crippen LogP contribution in [-0.4, -0.2) is 24.2 Å². The van der Waals surface area contributed by atoms with Gasteiger partial charge in [-0.3, -0.25) is 10.1 Å². The molecule has 0 spiro atoms. The van der Waals surface area contributed by atoms with Crippen molar-refractivity contribution in [1.82, 2.24) is 0 Å². The van der Waals surface area contributed by atoms with Gasteiger partial charge in [0.2, 0.25) is 0 Å². The first-order valence-corrected chi connectivity index (χ1v) is 7.40. The SMILES string of the molecule is O=[N+]([O-])c1ccc(OCC2CCCCO2)c(CBr)c1. The predicted octanol–water partition coefficient (Wildman–Crippen LogP) is 3.44. The molecular formula is C13H16BrNO4. The summed E-state index contributed by atoms with van der Waals surface area (Å²) in [5.74, 6) is 0.677. The molecule has 0 bridgehead atoms. The van der Waals surface area contributed by atoms with Gasteiger partial charge in [-0.25, -0.2) is 0 Å². The highest BCUT2D eigenvalue weighted by Gasteiger charge is 2.16. The lowest BCUT2D eigenvalue weighted by Gasteiger charge is -2.23. The highest BCUT2D eigenvalue weighted by atomic mass is 79.9. The minimum atomic E-state index is -0.403. The molecule has 2 rings (SSSR count). The van der Waals surface area contributed by atoms with Crippen molar-refractivity contribution in [3.63, 3.8) is 0 Å². The van der Waals surface area contributed by atoms with Crippen molar-refractivity contribution in [1.29, 1.82) is 0 Å². The third-order valence-corrected chi connectivity index (χ3v) is 3.70. The summed E-state index contributed by atoms with van der Waals surface area (Å²) in [4.78, 5) is 10.3. The molecule has 1 atom stereocenters. The van der Waals surface area contributed by atoms with Crippen molar-refractivity contribution in [2.45, 2.75) is 30.7 Å². The predicted molar refractivity (Wildman–Crippen MR) is 74.8 cm³/mol. The highest BCUT2D eigenvalue weighted by molar-refractivity contribution is 9.08. The van der Waals surface area contributed by atoms with Gasteiger partial charge in [0.05, 0.1) is 11.0 Å². The molecule has 5 nitrogen and oxygen atoms in total. The van der Waals surface area contributed by atoms with Gasteiger partial charge in [-0.1, -0.05) is 15.9 Å². The summed E-state index contributed by atoms with van der Waals surface area (Å²) in [6, 6.07) is 4.65. The number of halogens is 1. The molecule has 1 fully saturated rings. The number of nitro benzene ring substituents is 1. The average Bonchev–Trinajstić information content (AvgIpc) is 2.45. The fraction of sp³-hybridized carbons (Fsp3) is 0.538. The fourth-order valence-electron chi connectivity index (χ4n) is 2.05. The molecule has 0 aliphatic carbocycles. The van der Waals surface area contributed by atoms with Gasteiger partial charge in [-0.15, -0.1) is 0 Å². The van der Waals surface area contributed by atoms with Gasteiger partial charge < -0.3 is 9.47 Å². The van der Waals surface area contributed by atoms with Crippen LogP contribution in [0, 0.1) is 10.1 Å². The van der Waals surface area contributed by atoms with Crippen molar-refractivity contribution in [2.24, 2.45) is 0 Å². The molecule has 1 aliphatic heterocycles. The van der Waals surface area contributed by atoms with E-state index in [0.717, 1.165) is 25.0 Å². The number of non-ortho nitro benzene ring substituents is 1. The first kappa shape index (κ1) is 14.3. The summed E-state index contributed by atoms with van der Waals surface area (Å²) >= 11 is 3.32. The van der Waals surface area contributed by atoms with Gasteiger partial charge in [-0.2, -0.15) is 0 Å². The smallest absolute Gasteiger partial charge is 0.270 e. The second kappa shape index (κ2) is 6.86. The van der Waals surface area contributed by atoms with Crippen LogP contribution in [0.4, 0.5) is 5.69 Å². The average molecular weight is 330 g/mol. The van der Waals surface area contributed by atoms with Crippen LogP contribution >= 0.6 is 15.9 Å². The Balaban J connectivity index is 2.00. The third kappa shape index (κ3) is 3.91. The summed E-state index contributed by atoms with van der Waals surface area (Å²) in [6.45, 7) is 1.29. The molecule has 6 heteroatoms. The summed E-state index contributed by atoms with van der Waals surface area (Å²) in [6.07, 6.45) is 3.42. The second-order valence-corrected chi connectivity index (χ2v) is 5.04. The number of ether oxygens (including phenoxy) is 2. The van der Waals surface area contributed by atoms with E-state index in [9.17, 15) is 10.1 Å². The molecular weight excluding hydrogens is 314 g/mol. The van der Waals surface area contributed by atoms with Gasteiger partial charge in [-0.05, 0) is 25.3 Å². The zero-order chi connectivity index (χ0) is 13.7. The Labute approximate surface area is 120 Å². The number of nitrogens with zero attached hydrogens (tertiary/aromatic N) is 1. The fourth-order valence-corrected chi connectivity index (χ4v) is 2.48. The largest absolute Gasteiger partial charge is 0.491 e. The van der Waals surface area contributed by atoms with E-state index in [1.54, 1.807) is 6.07 Å². The zero-order valence-electron chi connectivity index (χ0n) is 10.5. The van der Waals surface area contributed by atoms with Crippen LogP contribution in [0.3, 0.4) is 0 Å². The second-order valence-electron chi connectivity index (χ2n) is 4.48. The van der Waals surface area contributed by atoms with Crippen LogP contribution < -0.4 is 4.74 Å². The number of nitro groups is 1. The molecule has 19 heavy (non-hydrogen) atoms. The van der Waals surface area contributed by atoms with Crippen molar-refractivity contribution in [2.75, 3.05) is 13.2 Å². The van der Waals surface area contributed by atoms with Crippen LogP contribution in [0.25, 0.3) is 0 Å². The summed E-state index contributed by atoms with van der Waals surface area (Å²) in [7, 11) is 0. The number of alkyl halides is 1. The molecule has 0 radical (unpaired) electrons. The maximum Gasteiger partial charge on any atom is 0.270 e. The molecule has 1 aromatic rings. The Morgan fingerprint density at radius 3 is 2.95 bits per heavy atom. The Morgan fingerprint density at radius 1 is 1.47 bits per heavy atom. The van der Waals surface area contributed by atoms with Crippen LogP contribution in [-0.2, 0) is 10.1 Å². The molecule has 1 aliphatic rings. The van der Waals surface area contributed by atoms with Gasteiger partial charge >= 0.3 is 0 Å². The summed E-state index contributed by atoms with van der Waals surface area (Å²) < 4.78 is 11.3. The van der Waals surface area contributed by atoms with Crippen molar-refractivity contribution in [3.05, 3.63) is 33.9 Å². The van der Waals surface area contributed by atoms with Gasteiger partial charge in [0.25, 0.3) is 5.69 Å². The standard InChI is InChI=1S/C13H16BrNO4/c14-8-10-7-11(15(16)17)4-5-13(10)19-9-12-3-1-2-6-18-12/h4-5,7,12H,1-3,6,8-9H2. The monoisotopic (exact) mass is 329 g/mol. The van der Waals surface area contributed by atoms with E-state index in [1.807, 2.05) is 0 Å². The minimum absolute atomic E-state index is 0.0794. The van der Waals surface area contributed by atoms with E-state index in [1.165, 1.54) is 18.6 Å². The maximum absolute atomic E-state index is 10.7. The lowest BCUT2D eigenvalue weighted by Crippen LogP contribution is -2.26. The van der Waals surface area contributed by atoms with Crippen molar-refractivity contribution >= 4 is 21.6 Å². The Bertz CT molecular complexity index is 446. The molecule has 1 heterocycles. The Kier molecular flexibility index (Phi) is 5.15. The van der Waals surface area contributed by atoms with Crippen LogP contribution in [0.15, 0.2) is 18.2 Å². The number of benzene rings is 1. The number of rotatable bonds is 5. The summed E-state index contributed by atoms with van der Waals surface area (Å²) in [5.41, 5.74) is 0.862. The van der Waals surface area contributed by atoms with E-state index >= 15 is 0 Å². The van der Waals surface area contributed by atoms with Crippen LogP contribution in [0.5, 0.6) is 5.75 Å². The molecule has 1 unspecified atom stereocenters. The van der Waals surface area contributed by atoms with Gasteiger partial charge in [0.15, 0.2) is 0 Å². The molecule has 0 saturated carbocycles. The third-order valence-electron chi connectivity index (χ3n) is 3.10. The van der Waals surface area contributed by atoms with Crippen LogP contribution in [0.1, 0.15) is 24.8 Å². The van der Waals surface area contributed by atoms with Crippen LogP contribution in [0.2, 0.25) is 0 Å². The quantitative estimate of drug-likeness (QED) is 0.471. The van der Waals surface area contributed by atoms with Gasteiger partial charge in [0, 0.05) is 29.6 Å². The molecule has 104 valence electrons. The Morgan fingerprint density at radius 2 is 2.32 bits per heavy atom. The van der Waals surface area contributed by atoms with E-state index in [-0.39, 0.29) is 11.8 Å². The Hall–Kier alpha value is -1.14. The van der Waals surface area contributed by atoms with E-state index in [4.69, 9.17) is 9.47 Å². The zero-order valence-corrected chi connectivity index (χ0v) is 12.1. The lowest BCUT2D eigenvalue weighted by molar-refractivity contribution is -0.384. The summed E-state index contributed by atoms with van der Waals surface area (Å²) in [5, 5.41) is 11.2. The minimum Gasteiger partial charge on any atom is -0.491 e.